The van der Waals surface area contributed by atoms with Gasteiger partial charge in [-0.25, -0.2) is 5.01 Å². The Morgan fingerprint density at radius 3 is 2.65 bits per heavy atom. The molecular weight excluding hydrogens is 406 g/mol. The van der Waals surface area contributed by atoms with E-state index in [-0.39, 0.29) is 11.9 Å². The summed E-state index contributed by atoms with van der Waals surface area (Å²) < 4.78 is 5.65. The normalized spacial score (nSPS) is 20.2. The molecule has 160 valence electrons. The Morgan fingerprint density at radius 2 is 1.94 bits per heavy atom. The van der Waals surface area contributed by atoms with E-state index in [2.05, 4.69) is 46.7 Å². The maximum atomic E-state index is 13.2. The number of likely N-dealkylation sites (tertiary alicyclic amines) is 1. The Balaban J connectivity index is 1.21. The highest BCUT2D eigenvalue weighted by Crippen LogP contribution is 2.33. The van der Waals surface area contributed by atoms with Gasteiger partial charge in [-0.15, -0.1) is 0 Å². The van der Waals surface area contributed by atoms with Gasteiger partial charge >= 0.3 is 0 Å². The first-order valence-electron chi connectivity index (χ1n) is 11.0. The molecular formula is C25H27N3O2S. The topological polar surface area (TPSA) is 49.1 Å². The fraction of sp³-hybridized carbons (Fsp3) is 0.360. The molecule has 0 N–H and O–H groups in total. The van der Waals surface area contributed by atoms with E-state index in [4.69, 9.17) is 9.52 Å². The van der Waals surface area contributed by atoms with Gasteiger partial charge in [0.05, 0.1) is 18.5 Å². The van der Waals surface area contributed by atoms with E-state index in [9.17, 15) is 4.79 Å². The van der Waals surface area contributed by atoms with Crippen LogP contribution in [0.2, 0.25) is 0 Å². The second kappa shape index (κ2) is 9.20. The molecule has 1 saturated heterocycles. The van der Waals surface area contributed by atoms with Crippen molar-refractivity contribution >= 4 is 23.0 Å². The zero-order valence-electron chi connectivity index (χ0n) is 17.5. The molecule has 31 heavy (non-hydrogen) atoms. The number of hydrazone groups is 1. The fourth-order valence-corrected chi connectivity index (χ4v) is 5.27. The number of hydrogen-bond donors (Lipinski definition) is 0. The molecule has 0 radical (unpaired) electrons. The zero-order chi connectivity index (χ0) is 21.0. The lowest BCUT2D eigenvalue weighted by Crippen LogP contribution is -2.42. The van der Waals surface area contributed by atoms with Crippen LogP contribution in [0.1, 0.15) is 42.2 Å². The van der Waals surface area contributed by atoms with Crippen LogP contribution in [-0.4, -0.2) is 41.2 Å². The average molecular weight is 434 g/mol. The molecule has 5 nitrogen and oxygen atoms in total. The number of benzene rings is 1. The predicted octanol–water partition coefficient (Wildman–Crippen LogP) is 4.97. The lowest BCUT2D eigenvalue weighted by atomic mass is 9.90. The monoisotopic (exact) mass is 433 g/mol. The summed E-state index contributed by atoms with van der Waals surface area (Å²) >= 11 is 1.65. The Bertz CT molecular complexity index is 1010. The molecule has 0 aliphatic carbocycles. The van der Waals surface area contributed by atoms with E-state index in [1.54, 1.807) is 22.6 Å². The third-order valence-electron chi connectivity index (χ3n) is 6.33. The average Bonchev–Trinajstić information content (AvgIpc) is 3.56. The van der Waals surface area contributed by atoms with Crippen molar-refractivity contribution in [1.82, 2.24) is 9.91 Å². The fourth-order valence-electron chi connectivity index (χ4n) is 4.61. The number of carbonyl (C=O) groups excluding carboxylic acids is 1. The Labute approximate surface area is 187 Å². The van der Waals surface area contributed by atoms with Gasteiger partial charge in [0.25, 0.3) is 5.91 Å². The summed E-state index contributed by atoms with van der Waals surface area (Å²) in [5.41, 5.74) is 3.46. The number of rotatable bonds is 6. The minimum absolute atomic E-state index is 0.0492. The van der Waals surface area contributed by atoms with Gasteiger partial charge in [-0.3, -0.25) is 9.69 Å². The van der Waals surface area contributed by atoms with E-state index in [0.717, 1.165) is 49.4 Å². The molecule has 6 heteroatoms. The number of hydrogen-bond acceptors (Lipinski definition) is 5. The first-order valence-corrected chi connectivity index (χ1v) is 11.9. The standard InChI is InChI=1S/C25H27N3O2S/c29-25(17-27-11-8-20(9-12-27)15-19-5-2-1-3-6-19)28-23(24-7-4-13-30-24)16-22(26-28)21-10-14-31-18-21/h1-7,10,13-14,18,20,23H,8-9,11-12,15-17H2/t23-/m1/s1. The first kappa shape index (κ1) is 20.2. The van der Waals surface area contributed by atoms with Crippen LogP contribution in [0.15, 0.2) is 75.1 Å². The molecule has 1 atom stereocenters. The third-order valence-corrected chi connectivity index (χ3v) is 7.01. The quantitative estimate of drug-likeness (QED) is 0.551. The SMILES string of the molecule is O=C(CN1CCC(Cc2ccccc2)CC1)N1N=C(c2ccsc2)C[C@@H]1c1ccco1. The van der Waals surface area contributed by atoms with Gasteiger partial charge in [0.1, 0.15) is 11.8 Å². The largest absolute Gasteiger partial charge is 0.467 e. The van der Waals surface area contributed by atoms with Gasteiger partial charge in [-0.05, 0) is 72.8 Å². The van der Waals surface area contributed by atoms with Gasteiger partial charge in [0, 0.05) is 12.0 Å². The molecule has 0 unspecified atom stereocenters. The second-order valence-corrected chi connectivity index (χ2v) is 9.22. The molecule has 4 heterocycles. The Morgan fingerprint density at radius 1 is 1.10 bits per heavy atom. The minimum Gasteiger partial charge on any atom is -0.467 e. The number of furan rings is 1. The van der Waals surface area contributed by atoms with Crippen LogP contribution in [0, 0.1) is 5.92 Å². The van der Waals surface area contributed by atoms with Crippen molar-refractivity contribution in [3.63, 3.8) is 0 Å². The highest BCUT2D eigenvalue weighted by Gasteiger charge is 2.35. The van der Waals surface area contributed by atoms with Crippen LogP contribution in [0.4, 0.5) is 0 Å². The van der Waals surface area contributed by atoms with Gasteiger partial charge in [-0.1, -0.05) is 30.3 Å². The van der Waals surface area contributed by atoms with Crippen molar-refractivity contribution in [3.05, 3.63) is 82.4 Å². The molecule has 1 amide bonds. The Hall–Kier alpha value is -2.70. The molecule has 0 saturated carbocycles. The summed E-state index contributed by atoms with van der Waals surface area (Å²) in [6, 6.07) is 16.4. The van der Waals surface area contributed by atoms with Gasteiger partial charge in [0.2, 0.25) is 0 Å². The lowest BCUT2D eigenvalue weighted by molar-refractivity contribution is -0.135. The summed E-state index contributed by atoms with van der Waals surface area (Å²) in [4.78, 5) is 15.5. The predicted molar refractivity (Wildman–Crippen MR) is 123 cm³/mol. The lowest BCUT2D eigenvalue weighted by Gasteiger charge is -2.32. The number of thiophene rings is 1. The molecule has 0 bridgehead atoms. The molecule has 2 aliphatic heterocycles. The van der Waals surface area contributed by atoms with Crippen molar-refractivity contribution < 1.29 is 9.21 Å². The maximum absolute atomic E-state index is 13.2. The highest BCUT2D eigenvalue weighted by atomic mass is 32.1. The molecule has 1 aromatic carbocycles. The van der Waals surface area contributed by atoms with Crippen LogP contribution < -0.4 is 0 Å². The highest BCUT2D eigenvalue weighted by molar-refractivity contribution is 7.08. The number of amides is 1. The summed E-state index contributed by atoms with van der Waals surface area (Å²) in [6.45, 7) is 2.34. The smallest absolute Gasteiger partial charge is 0.257 e. The second-order valence-electron chi connectivity index (χ2n) is 8.44. The molecule has 2 aromatic heterocycles. The molecule has 5 rings (SSSR count). The van der Waals surface area contributed by atoms with Gasteiger partial charge in [-0.2, -0.15) is 16.4 Å². The van der Waals surface area contributed by atoms with Crippen molar-refractivity contribution in [2.45, 2.75) is 31.7 Å². The van der Waals surface area contributed by atoms with Crippen LogP contribution in [0.3, 0.4) is 0 Å². The molecule has 1 fully saturated rings. The molecule has 0 spiro atoms. The van der Waals surface area contributed by atoms with Crippen molar-refractivity contribution in [1.29, 1.82) is 0 Å². The van der Waals surface area contributed by atoms with Crippen LogP contribution in [0.5, 0.6) is 0 Å². The van der Waals surface area contributed by atoms with Crippen LogP contribution in [-0.2, 0) is 11.2 Å². The van der Waals surface area contributed by atoms with Crippen LogP contribution in [0.25, 0.3) is 0 Å². The molecule has 2 aliphatic rings. The number of piperidine rings is 1. The van der Waals surface area contributed by atoms with E-state index < -0.39 is 0 Å². The molecule has 3 aromatic rings. The van der Waals surface area contributed by atoms with Crippen LogP contribution >= 0.6 is 11.3 Å². The number of nitrogens with zero attached hydrogens (tertiary/aromatic N) is 3. The van der Waals surface area contributed by atoms with Crippen molar-refractivity contribution in [2.75, 3.05) is 19.6 Å². The zero-order valence-corrected chi connectivity index (χ0v) is 18.3. The van der Waals surface area contributed by atoms with Crippen molar-refractivity contribution in [3.8, 4) is 0 Å². The van der Waals surface area contributed by atoms with Gasteiger partial charge in [0.15, 0.2) is 0 Å². The van der Waals surface area contributed by atoms with Gasteiger partial charge < -0.3 is 4.42 Å². The third kappa shape index (κ3) is 4.65. The maximum Gasteiger partial charge on any atom is 0.257 e. The van der Waals surface area contributed by atoms with Crippen molar-refractivity contribution in [2.24, 2.45) is 11.0 Å². The summed E-state index contributed by atoms with van der Waals surface area (Å²) in [7, 11) is 0. The number of carbonyl (C=O) groups is 1. The van der Waals surface area contributed by atoms with E-state index in [1.165, 1.54) is 5.56 Å². The Kier molecular flexibility index (Phi) is 6.00. The first-order chi connectivity index (χ1) is 15.3. The van der Waals surface area contributed by atoms with E-state index in [1.807, 2.05) is 17.5 Å². The summed E-state index contributed by atoms with van der Waals surface area (Å²) in [6.07, 6.45) is 5.75. The summed E-state index contributed by atoms with van der Waals surface area (Å²) in [5.74, 6) is 1.54. The van der Waals surface area contributed by atoms with E-state index in [0.29, 0.717) is 18.9 Å². The summed E-state index contributed by atoms with van der Waals surface area (Å²) in [5, 5.41) is 10.5. The minimum atomic E-state index is -0.159. The van der Waals surface area contributed by atoms with E-state index >= 15 is 0 Å².